The van der Waals surface area contributed by atoms with Crippen molar-refractivity contribution in [3.63, 3.8) is 0 Å². The average molecular weight is 331 g/mol. The van der Waals surface area contributed by atoms with Gasteiger partial charge in [-0.3, -0.25) is 4.79 Å². The highest BCUT2D eigenvalue weighted by atomic mass is 32.1. The first-order valence-corrected chi connectivity index (χ1v) is 8.54. The zero-order chi connectivity index (χ0) is 15.8. The van der Waals surface area contributed by atoms with Crippen molar-refractivity contribution in [3.05, 3.63) is 29.0 Å². The Labute approximate surface area is 137 Å². The zero-order valence-electron chi connectivity index (χ0n) is 12.8. The number of likely N-dealkylation sites (tertiary alicyclic amines) is 1. The van der Waals surface area contributed by atoms with Gasteiger partial charge in [-0.05, 0) is 12.8 Å². The number of carbonyl (C=O) groups excluding carboxylic acids is 1. The lowest BCUT2D eigenvalue weighted by Crippen LogP contribution is -2.40. The molecule has 2 aliphatic heterocycles. The third-order valence-corrected chi connectivity index (χ3v) is 5.21. The molecule has 2 saturated heterocycles. The molecule has 0 aromatic carbocycles. The number of hydrogen-bond acceptors (Lipinski definition) is 7. The fourth-order valence-electron chi connectivity index (χ4n) is 3.59. The monoisotopic (exact) mass is 331 g/mol. The van der Waals surface area contributed by atoms with Crippen molar-refractivity contribution in [3.8, 4) is 5.88 Å². The highest BCUT2D eigenvalue weighted by molar-refractivity contribution is 7.07. The van der Waals surface area contributed by atoms with Gasteiger partial charge in [-0.1, -0.05) is 0 Å². The van der Waals surface area contributed by atoms with E-state index < -0.39 is 0 Å². The first-order valence-electron chi connectivity index (χ1n) is 7.60. The van der Waals surface area contributed by atoms with E-state index in [9.17, 15) is 4.79 Å². The van der Waals surface area contributed by atoms with E-state index in [1.165, 1.54) is 17.7 Å². The molecule has 0 N–H and O–H groups in total. The highest BCUT2D eigenvalue weighted by Gasteiger charge is 2.45. The summed E-state index contributed by atoms with van der Waals surface area (Å²) in [5.74, 6) is 1.47. The van der Waals surface area contributed by atoms with Crippen LogP contribution in [0.15, 0.2) is 23.3 Å². The summed E-state index contributed by atoms with van der Waals surface area (Å²) in [5.41, 5.74) is 2.26. The van der Waals surface area contributed by atoms with Crippen molar-refractivity contribution in [2.24, 2.45) is 0 Å². The number of methoxy groups -OCH3 is 1. The molecule has 0 bridgehead atoms. The van der Waals surface area contributed by atoms with Crippen LogP contribution in [0.3, 0.4) is 0 Å². The van der Waals surface area contributed by atoms with Crippen molar-refractivity contribution in [1.29, 1.82) is 0 Å². The second-order valence-electron chi connectivity index (χ2n) is 5.70. The van der Waals surface area contributed by atoms with Gasteiger partial charge in [-0.25, -0.2) is 15.0 Å². The molecule has 7 nitrogen and oxygen atoms in total. The first kappa shape index (κ1) is 14.4. The molecule has 4 heterocycles. The van der Waals surface area contributed by atoms with Crippen molar-refractivity contribution in [1.82, 2.24) is 19.9 Å². The molecule has 8 heteroatoms. The number of aromatic nitrogens is 3. The lowest BCUT2D eigenvalue weighted by Gasteiger charge is -2.26. The van der Waals surface area contributed by atoms with Crippen LogP contribution in [-0.2, 0) is 0 Å². The van der Waals surface area contributed by atoms with Gasteiger partial charge >= 0.3 is 0 Å². The average Bonchev–Trinajstić information content (AvgIpc) is 3.31. The second kappa shape index (κ2) is 5.77. The van der Waals surface area contributed by atoms with E-state index >= 15 is 0 Å². The van der Waals surface area contributed by atoms with Gasteiger partial charge in [0.1, 0.15) is 17.8 Å². The molecule has 4 rings (SSSR count). The van der Waals surface area contributed by atoms with Gasteiger partial charge in [0.2, 0.25) is 5.88 Å². The fourth-order valence-corrected chi connectivity index (χ4v) is 4.11. The normalized spacial score (nSPS) is 23.2. The lowest BCUT2D eigenvalue weighted by atomic mass is 10.1. The third-order valence-electron chi connectivity index (χ3n) is 4.62. The minimum atomic E-state index is 0.0425. The molecule has 2 aromatic rings. The van der Waals surface area contributed by atoms with E-state index in [1.54, 1.807) is 12.6 Å². The van der Waals surface area contributed by atoms with Crippen molar-refractivity contribution >= 4 is 23.1 Å². The number of fused-ring (bicyclic) bond motifs is 1. The molecule has 0 unspecified atom stereocenters. The van der Waals surface area contributed by atoms with Crippen LogP contribution in [0.5, 0.6) is 5.88 Å². The zero-order valence-corrected chi connectivity index (χ0v) is 13.6. The van der Waals surface area contributed by atoms with Crippen molar-refractivity contribution in [2.45, 2.75) is 24.9 Å². The standard InChI is InChI=1S/C15H17N5O2S/c1-22-14-6-13(16-8-17-14)19-4-2-12-11(19)3-5-20(12)15(21)10-7-23-9-18-10/h6-9,11-12H,2-5H2,1H3/t11-,12+/m0/s1. The van der Waals surface area contributed by atoms with Gasteiger partial charge in [0.25, 0.3) is 5.91 Å². The Hall–Kier alpha value is -2.22. The maximum absolute atomic E-state index is 12.6. The molecular weight excluding hydrogens is 314 g/mol. The van der Waals surface area contributed by atoms with E-state index in [1.807, 2.05) is 16.3 Å². The number of thiazole rings is 1. The Bertz CT molecular complexity index is 708. The van der Waals surface area contributed by atoms with Crippen LogP contribution in [-0.4, -0.2) is 58.0 Å². The van der Waals surface area contributed by atoms with E-state index in [-0.39, 0.29) is 11.9 Å². The lowest BCUT2D eigenvalue weighted by molar-refractivity contribution is 0.0732. The molecular formula is C15H17N5O2S. The Morgan fingerprint density at radius 2 is 2.13 bits per heavy atom. The molecule has 0 saturated carbocycles. The quantitative estimate of drug-likeness (QED) is 0.847. The Kier molecular flexibility index (Phi) is 3.60. The summed E-state index contributed by atoms with van der Waals surface area (Å²) >= 11 is 1.45. The summed E-state index contributed by atoms with van der Waals surface area (Å²) in [6, 6.07) is 2.38. The Morgan fingerprint density at radius 3 is 2.91 bits per heavy atom. The van der Waals surface area contributed by atoms with Gasteiger partial charge < -0.3 is 14.5 Å². The van der Waals surface area contributed by atoms with Crippen molar-refractivity contribution in [2.75, 3.05) is 25.1 Å². The summed E-state index contributed by atoms with van der Waals surface area (Å²) < 4.78 is 5.18. The van der Waals surface area contributed by atoms with Crippen molar-refractivity contribution < 1.29 is 9.53 Å². The number of anilines is 1. The number of nitrogens with zero attached hydrogens (tertiary/aromatic N) is 5. The Morgan fingerprint density at radius 1 is 1.26 bits per heavy atom. The molecule has 0 spiro atoms. The van der Waals surface area contributed by atoms with Gasteiger partial charge in [0, 0.05) is 24.5 Å². The predicted molar refractivity (Wildman–Crippen MR) is 85.9 cm³/mol. The molecule has 120 valence electrons. The Balaban J connectivity index is 1.54. The van der Waals surface area contributed by atoms with Gasteiger partial charge in [-0.15, -0.1) is 11.3 Å². The third kappa shape index (κ3) is 2.42. The molecule has 1 amide bonds. The SMILES string of the molecule is COc1cc(N2CC[C@@H]3[C@@H]2CCN3C(=O)c2cscn2)ncn1. The predicted octanol–water partition coefficient (Wildman–Crippen LogP) is 1.44. The molecule has 23 heavy (non-hydrogen) atoms. The van der Waals surface area contributed by atoms with Crippen LogP contribution in [0, 0.1) is 0 Å². The molecule has 2 aliphatic rings. The smallest absolute Gasteiger partial charge is 0.273 e. The van der Waals surface area contributed by atoms with E-state index in [0.717, 1.165) is 31.7 Å². The number of hydrogen-bond donors (Lipinski definition) is 0. The number of rotatable bonds is 3. The maximum Gasteiger partial charge on any atom is 0.273 e. The summed E-state index contributed by atoms with van der Waals surface area (Å²) in [4.78, 5) is 29.4. The van der Waals surface area contributed by atoms with Gasteiger partial charge in [0.05, 0.1) is 24.7 Å². The van der Waals surface area contributed by atoms with E-state index in [2.05, 4.69) is 19.9 Å². The maximum atomic E-state index is 12.6. The first-order chi connectivity index (χ1) is 11.3. The summed E-state index contributed by atoms with van der Waals surface area (Å²) in [6.45, 7) is 1.65. The molecule has 2 aromatic heterocycles. The van der Waals surface area contributed by atoms with E-state index in [0.29, 0.717) is 17.6 Å². The largest absolute Gasteiger partial charge is 0.481 e. The van der Waals surface area contributed by atoms with Crippen LogP contribution >= 0.6 is 11.3 Å². The minimum Gasteiger partial charge on any atom is -0.481 e. The molecule has 0 aliphatic carbocycles. The van der Waals surface area contributed by atoms with Crippen LogP contribution in [0.4, 0.5) is 5.82 Å². The van der Waals surface area contributed by atoms with Crippen LogP contribution in [0.2, 0.25) is 0 Å². The molecule has 2 atom stereocenters. The van der Waals surface area contributed by atoms with E-state index in [4.69, 9.17) is 4.74 Å². The summed E-state index contributed by atoms with van der Waals surface area (Å²) in [5, 5.41) is 1.82. The highest BCUT2D eigenvalue weighted by Crippen LogP contribution is 2.35. The topological polar surface area (TPSA) is 71.5 Å². The fraction of sp³-hybridized carbons (Fsp3) is 0.467. The second-order valence-corrected chi connectivity index (χ2v) is 6.41. The molecule has 2 fully saturated rings. The minimum absolute atomic E-state index is 0.0425. The summed E-state index contributed by atoms with van der Waals surface area (Å²) in [6.07, 6.45) is 3.42. The number of amides is 1. The number of ether oxygens (including phenoxy) is 1. The molecule has 0 radical (unpaired) electrons. The van der Waals surface area contributed by atoms with Gasteiger partial charge in [-0.2, -0.15) is 0 Å². The van der Waals surface area contributed by atoms with Gasteiger partial charge in [0.15, 0.2) is 0 Å². The van der Waals surface area contributed by atoms with Crippen LogP contribution in [0.25, 0.3) is 0 Å². The van der Waals surface area contributed by atoms with Crippen LogP contribution in [0.1, 0.15) is 23.3 Å². The van der Waals surface area contributed by atoms with Crippen LogP contribution < -0.4 is 9.64 Å². The number of carbonyl (C=O) groups is 1. The summed E-state index contributed by atoms with van der Waals surface area (Å²) in [7, 11) is 1.60.